The summed E-state index contributed by atoms with van der Waals surface area (Å²) >= 11 is 3.88. The largest absolute Gasteiger partial charge is 0.356 e. The van der Waals surface area contributed by atoms with Crippen molar-refractivity contribution in [1.82, 2.24) is 5.32 Å². The van der Waals surface area contributed by atoms with Gasteiger partial charge in [0.25, 0.3) is 0 Å². The number of rotatable bonds is 2. The molecule has 1 N–H and O–H groups in total. The van der Waals surface area contributed by atoms with Gasteiger partial charge in [-0.2, -0.15) is 12.6 Å². The fourth-order valence-corrected chi connectivity index (χ4v) is 0.344. The van der Waals surface area contributed by atoms with E-state index in [0.717, 1.165) is 0 Å². The molecule has 0 unspecified atom stereocenters. The first kappa shape index (κ1) is 11.0. The third-order valence-electron chi connectivity index (χ3n) is 0.486. The molecule has 0 atom stereocenters. The maximum atomic E-state index is 10.1. The quantitative estimate of drug-likeness (QED) is 0.558. The first-order chi connectivity index (χ1) is 3.27. The van der Waals surface area contributed by atoms with E-state index in [1.807, 2.05) is 0 Å². The zero-order valence-corrected chi connectivity index (χ0v) is 6.39. The average Bonchev–Trinajstić information content (AvgIpc) is 1.61. The Morgan fingerprint density at radius 3 is 2.38 bits per heavy atom. The molecule has 0 radical (unpaired) electrons. The second kappa shape index (κ2) is 7.11. The minimum atomic E-state index is 0. The normalized spacial score (nSPS) is 7.25. The van der Waals surface area contributed by atoms with Crippen LogP contribution >= 0.6 is 25.0 Å². The van der Waals surface area contributed by atoms with Crippen LogP contribution in [0.25, 0.3) is 0 Å². The van der Waals surface area contributed by atoms with Gasteiger partial charge in [0, 0.05) is 19.2 Å². The number of halogens is 1. The van der Waals surface area contributed by atoms with E-state index < -0.39 is 0 Å². The van der Waals surface area contributed by atoms with Crippen LogP contribution in [0.15, 0.2) is 0 Å². The van der Waals surface area contributed by atoms with Crippen molar-refractivity contribution in [3.05, 3.63) is 0 Å². The predicted molar refractivity (Wildman–Crippen MR) is 39.8 cm³/mol. The molecule has 4 heteroatoms. The summed E-state index contributed by atoms with van der Waals surface area (Å²) in [4.78, 5) is 10.1. The Morgan fingerprint density at radius 1 is 1.75 bits per heavy atom. The van der Waals surface area contributed by atoms with Crippen LogP contribution in [0.5, 0.6) is 0 Å². The smallest absolute Gasteiger partial charge is 0.216 e. The summed E-state index contributed by atoms with van der Waals surface area (Å²) in [7, 11) is 0. The van der Waals surface area contributed by atoms with Gasteiger partial charge >= 0.3 is 0 Å². The molecular weight excluding hydrogens is 146 g/mol. The summed E-state index contributed by atoms with van der Waals surface area (Å²) in [6, 6.07) is 0. The number of nitrogens with one attached hydrogen (secondary N) is 1. The lowest BCUT2D eigenvalue weighted by atomic mass is 10.6. The third-order valence-corrected chi connectivity index (χ3v) is 0.709. The summed E-state index contributed by atoms with van der Waals surface area (Å²) in [5.41, 5.74) is 0. The average molecular weight is 156 g/mol. The van der Waals surface area contributed by atoms with Crippen molar-refractivity contribution in [3.63, 3.8) is 0 Å². The van der Waals surface area contributed by atoms with E-state index in [9.17, 15) is 4.79 Å². The lowest BCUT2D eigenvalue weighted by Crippen LogP contribution is -2.21. The molecule has 0 heterocycles. The van der Waals surface area contributed by atoms with Crippen LogP contribution in [0.2, 0.25) is 0 Å². The lowest BCUT2D eigenvalue weighted by Gasteiger charge is -1.93. The van der Waals surface area contributed by atoms with Crippen LogP contribution in [0.3, 0.4) is 0 Å². The van der Waals surface area contributed by atoms with Gasteiger partial charge in [-0.25, -0.2) is 0 Å². The van der Waals surface area contributed by atoms with Crippen molar-refractivity contribution >= 4 is 30.9 Å². The van der Waals surface area contributed by atoms with E-state index in [-0.39, 0.29) is 18.3 Å². The van der Waals surface area contributed by atoms with E-state index in [1.165, 1.54) is 6.92 Å². The molecule has 0 aliphatic rings. The molecule has 0 aromatic carbocycles. The zero-order valence-electron chi connectivity index (χ0n) is 4.68. The molecule has 8 heavy (non-hydrogen) atoms. The van der Waals surface area contributed by atoms with Crippen molar-refractivity contribution in [3.8, 4) is 0 Å². The van der Waals surface area contributed by atoms with Gasteiger partial charge in [-0.15, -0.1) is 12.4 Å². The molecule has 0 bridgehead atoms. The fourth-order valence-electron chi connectivity index (χ4n) is 0.232. The van der Waals surface area contributed by atoms with Crippen LogP contribution in [0.4, 0.5) is 0 Å². The summed E-state index contributed by atoms with van der Waals surface area (Å²) in [6.45, 7) is 2.15. The van der Waals surface area contributed by atoms with Gasteiger partial charge in [0.05, 0.1) is 0 Å². The Balaban J connectivity index is 0. The number of amides is 1. The summed E-state index contributed by atoms with van der Waals surface area (Å²) in [6.07, 6.45) is 0. The molecule has 0 rings (SSSR count). The Bertz CT molecular complexity index is 69.1. The molecule has 0 fully saturated rings. The first-order valence-electron chi connectivity index (χ1n) is 2.12. The van der Waals surface area contributed by atoms with Crippen LogP contribution < -0.4 is 5.32 Å². The number of hydrogen-bond donors (Lipinski definition) is 2. The number of carbonyl (C=O) groups excluding carboxylic acids is 1. The molecule has 2 nitrogen and oxygen atoms in total. The van der Waals surface area contributed by atoms with E-state index in [4.69, 9.17) is 0 Å². The summed E-state index contributed by atoms with van der Waals surface area (Å²) < 4.78 is 0. The van der Waals surface area contributed by atoms with E-state index >= 15 is 0 Å². The predicted octanol–water partition coefficient (Wildman–Crippen LogP) is 0.474. The summed E-state index contributed by atoms with van der Waals surface area (Å²) in [5.74, 6) is 0.716. The van der Waals surface area contributed by atoms with Crippen molar-refractivity contribution in [2.45, 2.75) is 6.92 Å². The number of thiol groups is 1. The highest BCUT2D eigenvalue weighted by atomic mass is 35.5. The molecule has 0 saturated carbocycles. The van der Waals surface area contributed by atoms with Gasteiger partial charge in [0.15, 0.2) is 0 Å². The maximum absolute atomic E-state index is 10.1. The topological polar surface area (TPSA) is 29.1 Å². The molecule has 1 amide bonds. The van der Waals surface area contributed by atoms with E-state index in [2.05, 4.69) is 17.9 Å². The van der Waals surface area contributed by atoms with Crippen LogP contribution in [-0.2, 0) is 4.79 Å². The van der Waals surface area contributed by atoms with Crippen molar-refractivity contribution in [2.24, 2.45) is 0 Å². The monoisotopic (exact) mass is 155 g/mol. The SMILES string of the molecule is CC(=O)NCCS.Cl. The van der Waals surface area contributed by atoms with Crippen molar-refractivity contribution in [1.29, 1.82) is 0 Å². The zero-order chi connectivity index (χ0) is 5.70. The Morgan fingerprint density at radius 2 is 2.25 bits per heavy atom. The lowest BCUT2D eigenvalue weighted by molar-refractivity contribution is -0.118. The molecule has 0 aliphatic carbocycles. The highest BCUT2D eigenvalue weighted by Crippen LogP contribution is 1.66. The van der Waals surface area contributed by atoms with Crippen molar-refractivity contribution < 1.29 is 4.79 Å². The molecule has 0 aromatic rings. The highest BCUT2D eigenvalue weighted by Gasteiger charge is 1.83. The Labute approximate surface area is 60.9 Å². The standard InChI is InChI=1S/C4H9NOS.ClH/c1-4(6)5-2-3-7;/h7H,2-3H2,1H3,(H,5,6);1H. The number of carbonyl (C=O) groups is 1. The molecule has 0 aliphatic heterocycles. The molecule has 0 aromatic heterocycles. The van der Waals surface area contributed by atoms with E-state index in [0.29, 0.717) is 12.3 Å². The minimum Gasteiger partial charge on any atom is -0.356 e. The summed E-state index contributed by atoms with van der Waals surface area (Å²) in [5, 5.41) is 2.58. The highest BCUT2D eigenvalue weighted by molar-refractivity contribution is 7.80. The van der Waals surface area contributed by atoms with Gasteiger partial charge in [-0.05, 0) is 0 Å². The molecule has 0 spiro atoms. The second-order valence-corrected chi connectivity index (χ2v) is 1.65. The third kappa shape index (κ3) is 9.44. The van der Waals surface area contributed by atoms with Gasteiger partial charge in [-0.3, -0.25) is 4.79 Å². The van der Waals surface area contributed by atoms with Gasteiger partial charge in [0.2, 0.25) is 5.91 Å². The van der Waals surface area contributed by atoms with Gasteiger partial charge in [0.1, 0.15) is 0 Å². The molecule has 50 valence electrons. The minimum absolute atomic E-state index is 0. The maximum Gasteiger partial charge on any atom is 0.216 e. The molecule has 0 saturated heterocycles. The van der Waals surface area contributed by atoms with E-state index in [1.54, 1.807) is 0 Å². The first-order valence-corrected chi connectivity index (χ1v) is 2.76. The fraction of sp³-hybridized carbons (Fsp3) is 0.750. The van der Waals surface area contributed by atoms with Crippen LogP contribution in [-0.4, -0.2) is 18.2 Å². The molecular formula is C4H10ClNOS. The van der Waals surface area contributed by atoms with Crippen molar-refractivity contribution in [2.75, 3.05) is 12.3 Å². The van der Waals surface area contributed by atoms with Gasteiger partial charge in [-0.1, -0.05) is 0 Å². The Hall–Kier alpha value is 0.110. The Kier molecular flexibility index (Phi) is 9.76. The van der Waals surface area contributed by atoms with Crippen LogP contribution in [0, 0.1) is 0 Å². The van der Waals surface area contributed by atoms with Crippen LogP contribution in [0.1, 0.15) is 6.92 Å². The second-order valence-electron chi connectivity index (χ2n) is 1.21. The van der Waals surface area contributed by atoms with Gasteiger partial charge < -0.3 is 5.32 Å². The number of hydrogen-bond acceptors (Lipinski definition) is 2.